The van der Waals surface area contributed by atoms with Gasteiger partial charge < -0.3 is 5.92 Å². The maximum absolute atomic E-state index is 2.44. The van der Waals surface area contributed by atoms with Gasteiger partial charge in [0, 0.05) is 21.1 Å². The van der Waals surface area contributed by atoms with Crippen molar-refractivity contribution in [2.45, 2.75) is 93.9 Å². The summed E-state index contributed by atoms with van der Waals surface area (Å²) in [6, 6.07) is 0. The Bertz CT molecular complexity index is 144. The van der Waals surface area contributed by atoms with Crippen LogP contribution in [0.2, 0.25) is 0 Å². The summed E-state index contributed by atoms with van der Waals surface area (Å²) >= 11 is 0. The second kappa shape index (κ2) is 14.1. The molecule has 1 rings (SSSR count). The summed E-state index contributed by atoms with van der Waals surface area (Å²) in [4.78, 5) is 0. The predicted octanol–water partition coefficient (Wildman–Crippen LogP) is 6.65. The first-order valence-electron chi connectivity index (χ1n) is 7.87. The number of hydrogen-bond acceptors (Lipinski definition) is 0. The fraction of sp³-hybridized carbons (Fsp3) is 0.941. The van der Waals surface area contributed by atoms with E-state index in [0.29, 0.717) is 5.41 Å². The van der Waals surface area contributed by atoms with E-state index in [4.69, 9.17) is 0 Å². The third kappa shape index (κ3) is 10.6. The zero-order chi connectivity index (χ0) is 13.9. The Kier molecular flexibility index (Phi) is 18.6. The van der Waals surface area contributed by atoms with Crippen LogP contribution in [0.1, 0.15) is 93.9 Å². The van der Waals surface area contributed by atoms with Crippen LogP contribution in [0.4, 0.5) is 0 Å². The van der Waals surface area contributed by atoms with Crippen LogP contribution >= 0.6 is 0 Å². The minimum absolute atomic E-state index is 0. The fourth-order valence-corrected chi connectivity index (χ4v) is 2.82. The van der Waals surface area contributed by atoms with Crippen LogP contribution in [0.15, 0.2) is 0 Å². The van der Waals surface area contributed by atoms with E-state index in [2.05, 4.69) is 27.7 Å². The first-order valence-corrected chi connectivity index (χ1v) is 7.87. The molecule has 0 unspecified atom stereocenters. The van der Waals surface area contributed by atoms with Crippen molar-refractivity contribution in [2.24, 2.45) is 11.3 Å². The van der Waals surface area contributed by atoms with Crippen LogP contribution in [0.25, 0.3) is 0 Å². The van der Waals surface area contributed by atoms with Gasteiger partial charge >= 0.3 is 0 Å². The predicted molar refractivity (Wildman–Crippen MR) is 82.3 cm³/mol. The van der Waals surface area contributed by atoms with Gasteiger partial charge in [-0.2, -0.15) is 18.3 Å². The molecule has 0 atom stereocenters. The summed E-state index contributed by atoms with van der Waals surface area (Å²) in [5.74, 6) is 2.68. The Labute approximate surface area is 132 Å². The average molecular weight is 425 g/mol. The molecule has 0 aromatic rings. The maximum Gasteiger partial charge on any atom is 0 e. The van der Waals surface area contributed by atoms with Crippen molar-refractivity contribution in [3.8, 4) is 0 Å². The van der Waals surface area contributed by atoms with E-state index in [1.165, 1.54) is 38.5 Å². The quantitative estimate of drug-likeness (QED) is 0.445. The average Bonchev–Trinajstić information content (AvgIpc) is 2.34. The number of hydrogen-bond donors (Lipinski definition) is 0. The molecule has 0 amide bonds. The van der Waals surface area contributed by atoms with Gasteiger partial charge in [0.2, 0.25) is 0 Å². The van der Waals surface area contributed by atoms with Crippen LogP contribution in [-0.4, -0.2) is 0 Å². The smallest absolute Gasteiger partial charge is 0 e. The molecule has 0 saturated heterocycles. The summed E-state index contributed by atoms with van der Waals surface area (Å²) in [5, 5.41) is 0. The molecule has 0 nitrogen and oxygen atoms in total. The summed E-state index contributed by atoms with van der Waals surface area (Å²) in [7, 11) is 0. The molecule has 0 aromatic carbocycles. The minimum Gasteiger partial charge on any atom is -0.308 e. The summed E-state index contributed by atoms with van der Waals surface area (Å²) in [5.41, 5.74) is 0.509. The largest absolute Gasteiger partial charge is 0.308 e. The third-order valence-corrected chi connectivity index (χ3v) is 3.33. The Hall–Kier alpha value is 0.688. The van der Waals surface area contributed by atoms with Crippen LogP contribution < -0.4 is 0 Å². The van der Waals surface area contributed by atoms with Gasteiger partial charge in [0.15, 0.2) is 0 Å². The zero-order valence-corrected chi connectivity index (χ0v) is 17.2. The Morgan fingerprint density at radius 1 is 0.889 bits per heavy atom. The molecule has 0 N–H and O–H groups in total. The Morgan fingerprint density at radius 3 is 1.61 bits per heavy atom. The topological polar surface area (TPSA) is 0 Å². The normalized spacial score (nSPS) is 15.8. The van der Waals surface area contributed by atoms with Crippen molar-refractivity contribution < 1.29 is 21.1 Å². The van der Waals surface area contributed by atoms with E-state index in [0.717, 1.165) is 5.92 Å². The second-order valence-electron chi connectivity index (χ2n) is 5.65. The van der Waals surface area contributed by atoms with Gasteiger partial charge in [-0.1, -0.05) is 81.1 Å². The van der Waals surface area contributed by atoms with Crippen molar-refractivity contribution in [3.63, 3.8) is 0 Å². The van der Waals surface area contributed by atoms with Gasteiger partial charge in [0.1, 0.15) is 0 Å². The summed E-state index contributed by atoms with van der Waals surface area (Å²) in [6.45, 7) is 17.6. The molecule has 1 aliphatic carbocycles. The molecule has 1 aliphatic rings. The molecular weight excluding hydrogens is 388 g/mol. The van der Waals surface area contributed by atoms with Crippen molar-refractivity contribution in [1.82, 2.24) is 0 Å². The van der Waals surface area contributed by atoms with Crippen LogP contribution in [-0.2, 0) is 21.1 Å². The maximum atomic E-state index is 2.44. The molecule has 1 heteroatoms. The Balaban J connectivity index is -0.000000409. The minimum atomic E-state index is 0. The van der Waals surface area contributed by atoms with Gasteiger partial charge in [0.05, 0.1) is 0 Å². The summed E-state index contributed by atoms with van der Waals surface area (Å²) in [6.07, 6.45) is 8.51. The molecule has 0 spiro atoms. The fourth-order valence-electron chi connectivity index (χ4n) is 2.82. The van der Waals surface area contributed by atoms with Crippen molar-refractivity contribution in [2.75, 3.05) is 0 Å². The van der Waals surface area contributed by atoms with E-state index >= 15 is 0 Å². The molecule has 18 heavy (non-hydrogen) atoms. The molecule has 0 heterocycles. The molecule has 0 bridgehead atoms. The Morgan fingerprint density at radius 2 is 1.28 bits per heavy atom. The van der Waals surface area contributed by atoms with Crippen LogP contribution in [0.5, 0.6) is 0 Å². The standard InChI is InChI=1S/C13H25.2C2H6.W/c1-11(2)10-13(3,4)12-8-6-5-7-9-12;2*1-2;/h11H,5-10H2,1-4H3;2*1-2H3;/q-1;;;. The monoisotopic (exact) mass is 425 g/mol. The molecular formula is C17H37W-. The molecule has 1 saturated carbocycles. The van der Waals surface area contributed by atoms with Crippen LogP contribution in [0.3, 0.4) is 0 Å². The van der Waals surface area contributed by atoms with E-state index in [1.807, 2.05) is 33.6 Å². The first kappa shape index (κ1) is 23.8. The van der Waals surface area contributed by atoms with Gasteiger partial charge in [-0.15, -0.1) is 0 Å². The molecule has 1 fully saturated rings. The van der Waals surface area contributed by atoms with E-state index in [1.54, 1.807) is 0 Å². The zero-order valence-electron chi connectivity index (χ0n) is 14.2. The summed E-state index contributed by atoms with van der Waals surface area (Å²) < 4.78 is 0. The van der Waals surface area contributed by atoms with E-state index < -0.39 is 0 Å². The van der Waals surface area contributed by atoms with Crippen LogP contribution in [0, 0.1) is 17.3 Å². The third-order valence-electron chi connectivity index (χ3n) is 3.33. The van der Waals surface area contributed by atoms with Crippen molar-refractivity contribution in [3.05, 3.63) is 5.92 Å². The second-order valence-corrected chi connectivity index (χ2v) is 5.65. The van der Waals surface area contributed by atoms with Gasteiger partial charge in [-0.05, 0) is 5.92 Å². The van der Waals surface area contributed by atoms with Gasteiger partial charge in [-0.3, -0.25) is 0 Å². The molecule has 0 aromatic heterocycles. The van der Waals surface area contributed by atoms with Crippen molar-refractivity contribution in [1.29, 1.82) is 0 Å². The van der Waals surface area contributed by atoms with Crippen molar-refractivity contribution >= 4 is 0 Å². The van der Waals surface area contributed by atoms with Gasteiger partial charge in [-0.25, -0.2) is 0 Å². The molecule has 0 aliphatic heterocycles. The number of rotatable bonds is 3. The molecule has 112 valence electrons. The van der Waals surface area contributed by atoms with E-state index in [-0.39, 0.29) is 21.1 Å². The molecule has 0 radical (unpaired) electrons. The SMILES string of the molecule is CC.CC.CC(C)CC(C)(C)[C-]1CCCCC1.[W]. The first-order chi connectivity index (χ1) is 8.02. The van der Waals surface area contributed by atoms with E-state index in [9.17, 15) is 0 Å². The van der Waals surface area contributed by atoms with Gasteiger partial charge in [0.25, 0.3) is 0 Å².